The highest BCUT2D eigenvalue weighted by Crippen LogP contribution is 2.44. The Morgan fingerprint density at radius 3 is 1.97 bits per heavy atom. The number of hydrogen-bond donors (Lipinski definition) is 0. The van der Waals surface area contributed by atoms with Crippen molar-refractivity contribution in [3.8, 4) is 0 Å². The van der Waals surface area contributed by atoms with Crippen LogP contribution in [-0.4, -0.2) is 81.8 Å². The van der Waals surface area contributed by atoms with E-state index in [4.69, 9.17) is 18.9 Å². The Morgan fingerprint density at radius 1 is 0.917 bits per heavy atom. The van der Waals surface area contributed by atoms with E-state index >= 15 is 0 Å². The minimum absolute atomic E-state index is 0.113. The molecule has 2 unspecified atom stereocenters. The summed E-state index contributed by atoms with van der Waals surface area (Å²) in [5.74, 6) is -3.79. The number of carbonyl (C=O) groups excluding carboxylic acids is 5. The van der Waals surface area contributed by atoms with E-state index in [2.05, 4.69) is 31.9 Å². The fourth-order valence-corrected chi connectivity index (χ4v) is 4.40. The molecule has 0 aromatic rings. The largest absolute Gasteiger partial charge is 0.463 e. The molecule has 2 saturated heterocycles. The number of alkyl halides is 2. The highest BCUT2D eigenvalue weighted by atomic mass is 79.9. The average molecular weight is 637 g/mol. The molecular formula is C24H31Br2NO9. The minimum Gasteiger partial charge on any atom is -0.463 e. The number of amides is 2. The Labute approximate surface area is 226 Å². The predicted molar refractivity (Wildman–Crippen MR) is 133 cm³/mol. The first-order valence-electron chi connectivity index (χ1n) is 11.6. The van der Waals surface area contributed by atoms with Gasteiger partial charge in [-0.1, -0.05) is 44.0 Å². The number of halogens is 2. The van der Waals surface area contributed by atoms with Gasteiger partial charge in [-0.25, -0.2) is 0 Å². The molecular weight excluding hydrogens is 606 g/mol. The van der Waals surface area contributed by atoms with Gasteiger partial charge in [-0.3, -0.25) is 28.9 Å². The van der Waals surface area contributed by atoms with Crippen molar-refractivity contribution in [3.63, 3.8) is 0 Å². The summed E-state index contributed by atoms with van der Waals surface area (Å²) in [5, 5.41) is 0. The second kappa shape index (κ2) is 10.5. The summed E-state index contributed by atoms with van der Waals surface area (Å²) in [6.07, 6.45) is 3.58. The van der Waals surface area contributed by atoms with Gasteiger partial charge in [-0.05, 0) is 41.0 Å². The summed E-state index contributed by atoms with van der Waals surface area (Å²) in [4.78, 5) is 64.4. The molecule has 0 aliphatic carbocycles. The highest BCUT2D eigenvalue weighted by molar-refractivity contribution is 9.10. The van der Waals surface area contributed by atoms with E-state index < -0.39 is 63.1 Å². The van der Waals surface area contributed by atoms with Crippen LogP contribution in [-0.2, 0) is 42.9 Å². The maximum Gasteiger partial charge on any atom is 0.322 e. The summed E-state index contributed by atoms with van der Waals surface area (Å²) in [6.45, 7) is 6.62. The Morgan fingerprint density at radius 2 is 1.44 bits per heavy atom. The predicted octanol–water partition coefficient (Wildman–Crippen LogP) is 2.30. The average Bonchev–Trinajstić information content (AvgIpc) is 3.19. The van der Waals surface area contributed by atoms with Crippen LogP contribution in [0.2, 0.25) is 0 Å². The van der Waals surface area contributed by atoms with E-state index in [-0.39, 0.29) is 31.1 Å². The molecule has 0 spiro atoms. The lowest BCUT2D eigenvalue weighted by molar-refractivity contribution is -0.172. The van der Waals surface area contributed by atoms with Gasteiger partial charge in [-0.2, -0.15) is 0 Å². The van der Waals surface area contributed by atoms with Crippen LogP contribution in [0.5, 0.6) is 0 Å². The van der Waals surface area contributed by atoms with Gasteiger partial charge in [-0.15, -0.1) is 0 Å². The van der Waals surface area contributed by atoms with Crippen LogP contribution < -0.4 is 0 Å². The third-order valence-electron chi connectivity index (χ3n) is 6.33. The molecule has 0 aromatic carbocycles. The first-order chi connectivity index (χ1) is 16.6. The lowest BCUT2D eigenvalue weighted by Crippen LogP contribution is -2.44. The zero-order valence-electron chi connectivity index (χ0n) is 20.9. The molecule has 0 N–H and O–H groups in total. The summed E-state index contributed by atoms with van der Waals surface area (Å²) < 4.78 is 19.7. The number of fused-ring (bicyclic) bond motifs is 5. The van der Waals surface area contributed by atoms with Crippen LogP contribution in [0, 0.1) is 17.3 Å². The van der Waals surface area contributed by atoms with Crippen LogP contribution in [0.25, 0.3) is 0 Å². The van der Waals surface area contributed by atoms with Crippen molar-refractivity contribution < 1.29 is 42.9 Å². The van der Waals surface area contributed by atoms with E-state index in [1.807, 2.05) is 12.2 Å². The molecule has 3 aliphatic heterocycles. The first kappa shape index (κ1) is 28.8. The van der Waals surface area contributed by atoms with Gasteiger partial charge in [0.1, 0.15) is 33.9 Å². The van der Waals surface area contributed by atoms with Crippen LogP contribution in [0.15, 0.2) is 12.2 Å². The molecule has 0 aromatic heterocycles. The van der Waals surface area contributed by atoms with Crippen molar-refractivity contribution in [2.75, 3.05) is 26.4 Å². The summed E-state index contributed by atoms with van der Waals surface area (Å²) >= 11 is 6.40. The fourth-order valence-electron chi connectivity index (χ4n) is 4.17. The lowest BCUT2D eigenvalue weighted by atomic mass is 9.90. The number of nitrogens with zero attached hydrogens (tertiary/aromatic N) is 1. The number of ether oxygens (including phenoxy) is 4. The van der Waals surface area contributed by atoms with E-state index in [0.717, 1.165) is 4.90 Å². The van der Waals surface area contributed by atoms with Crippen molar-refractivity contribution in [1.82, 2.24) is 4.90 Å². The SMILES string of the molecule is CC(C)(Br)C(=O)OCC(C)(COC(=O)C(C)(C)Br)C(=O)OCCN1C(=O)[C@@H]2C3C=CCC(O3)[C@@H]2C1=O. The summed E-state index contributed by atoms with van der Waals surface area (Å²) in [5.41, 5.74) is -1.52. The van der Waals surface area contributed by atoms with E-state index in [0.29, 0.717) is 6.42 Å². The van der Waals surface area contributed by atoms with E-state index in [9.17, 15) is 24.0 Å². The van der Waals surface area contributed by atoms with Crippen molar-refractivity contribution in [3.05, 3.63) is 12.2 Å². The monoisotopic (exact) mass is 635 g/mol. The van der Waals surface area contributed by atoms with Crippen molar-refractivity contribution in [2.45, 2.75) is 61.9 Å². The minimum atomic E-state index is -1.52. The maximum absolute atomic E-state index is 13.0. The zero-order chi connectivity index (χ0) is 27.1. The molecule has 3 aliphatic rings. The summed E-state index contributed by atoms with van der Waals surface area (Å²) in [6, 6.07) is 0. The van der Waals surface area contributed by atoms with Crippen molar-refractivity contribution in [2.24, 2.45) is 17.3 Å². The molecule has 2 amide bonds. The van der Waals surface area contributed by atoms with Gasteiger partial charge in [0.25, 0.3) is 0 Å². The smallest absolute Gasteiger partial charge is 0.322 e. The second-order valence-corrected chi connectivity index (χ2v) is 14.4. The van der Waals surface area contributed by atoms with Gasteiger partial charge in [0.2, 0.25) is 11.8 Å². The molecule has 10 nitrogen and oxygen atoms in total. The van der Waals surface area contributed by atoms with Gasteiger partial charge in [0.05, 0.1) is 30.6 Å². The quantitative estimate of drug-likeness (QED) is 0.117. The second-order valence-electron chi connectivity index (χ2n) is 10.5. The fraction of sp³-hybridized carbons (Fsp3) is 0.708. The molecule has 3 heterocycles. The molecule has 3 rings (SSSR count). The number of rotatable bonds is 10. The van der Waals surface area contributed by atoms with Crippen LogP contribution >= 0.6 is 31.9 Å². The van der Waals surface area contributed by atoms with Crippen LogP contribution in [0.4, 0.5) is 0 Å². The molecule has 0 radical (unpaired) electrons. The van der Waals surface area contributed by atoms with E-state index in [1.165, 1.54) is 6.92 Å². The molecule has 2 fully saturated rings. The molecule has 0 saturated carbocycles. The molecule has 4 atom stereocenters. The molecule has 12 heteroatoms. The topological polar surface area (TPSA) is 126 Å². The highest BCUT2D eigenvalue weighted by Gasteiger charge is 2.59. The van der Waals surface area contributed by atoms with Gasteiger partial charge in [0.15, 0.2) is 0 Å². The standard InChI is InChI=1S/C24H31Br2NO9/c1-22(2,25)19(30)34-11-24(5,12-35-20(31)23(3,4)26)21(32)33-10-9-27-17(28)15-13-7-6-8-14(36-13)16(15)18(27)29/h6-7,13-16H,8-12H2,1-5H3/t13?,14?,15-,16+/m1/s1. The van der Waals surface area contributed by atoms with Gasteiger partial charge >= 0.3 is 17.9 Å². The lowest BCUT2D eigenvalue weighted by Gasteiger charge is -2.29. The molecule has 2 bridgehead atoms. The number of carbonyl (C=O) groups is 5. The molecule has 200 valence electrons. The Kier molecular flexibility index (Phi) is 8.41. The van der Waals surface area contributed by atoms with Gasteiger partial charge < -0.3 is 18.9 Å². The van der Waals surface area contributed by atoms with Gasteiger partial charge in [0, 0.05) is 0 Å². The first-order valence-corrected chi connectivity index (χ1v) is 13.2. The summed E-state index contributed by atoms with van der Waals surface area (Å²) in [7, 11) is 0. The third-order valence-corrected chi connectivity index (χ3v) is 6.97. The van der Waals surface area contributed by atoms with Crippen LogP contribution in [0.3, 0.4) is 0 Å². The van der Waals surface area contributed by atoms with E-state index in [1.54, 1.807) is 27.7 Å². The van der Waals surface area contributed by atoms with Crippen molar-refractivity contribution >= 4 is 61.6 Å². The molecule has 36 heavy (non-hydrogen) atoms. The normalized spacial score (nSPS) is 25.6. The number of esters is 3. The zero-order valence-corrected chi connectivity index (χ0v) is 24.0. The number of imide groups is 1. The van der Waals surface area contributed by atoms with Crippen LogP contribution in [0.1, 0.15) is 41.0 Å². The Bertz CT molecular complexity index is 936. The Balaban J connectivity index is 1.62. The maximum atomic E-state index is 13.0. The number of likely N-dealkylation sites (tertiary alicyclic amines) is 1. The van der Waals surface area contributed by atoms with Crippen molar-refractivity contribution in [1.29, 1.82) is 0 Å². The number of hydrogen-bond acceptors (Lipinski definition) is 9. The Hall–Kier alpha value is -1.79. The third kappa shape index (κ3) is 6.02.